The Balaban J connectivity index is 2.09. The molecule has 1 aromatic heterocycles. The summed E-state index contributed by atoms with van der Waals surface area (Å²) in [6.07, 6.45) is -3.68. The summed E-state index contributed by atoms with van der Waals surface area (Å²) in [5, 5.41) is 0.286. The number of alkyl halides is 3. The molecule has 0 saturated heterocycles. The molecule has 2 heterocycles. The summed E-state index contributed by atoms with van der Waals surface area (Å²) >= 11 is -0.156. The van der Waals surface area contributed by atoms with Gasteiger partial charge in [0.05, 0.1) is 0 Å². The summed E-state index contributed by atoms with van der Waals surface area (Å²) in [7, 11) is 4.60. The van der Waals surface area contributed by atoms with Crippen molar-refractivity contribution < 1.29 is 51.3 Å². The number of carbonyl (C=O) groups excluding carboxylic acids is 4. The van der Waals surface area contributed by atoms with E-state index in [-0.39, 0.29) is 37.9 Å². The van der Waals surface area contributed by atoms with Crippen LogP contribution in [0.4, 0.5) is 29.1 Å². The molecule has 15 heteroatoms. The third-order valence-corrected chi connectivity index (χ3v) is 10.5. The number of methoxy groups -OCH3 is 4. The van der Waals surface area contributed by atoms with E-state index in [1.165, 1.54) is 26.4 Å². The summed E-state index contributed by atoms with van der Waals surface area (Å²) in [6, 6.07) is 11.9. The zero-order chi connectivity index (χ0) is 34.6. The first-order chi connectivity index (χ1) is 22.2. The SMILES string of the molecule is COC(=O)/C=C(/SC1=C(C)N(Cc2ccc(C)cc2)c2c([se]c(C(=O)OC)c2C(=O)OC)N1c1ccc(C(F)(F)F)cc1)C(=O)OC. The Morgan fingerprint density at radius 1 is 0.851 bits per heavy atom. The van der Waals surface area contributed by atoms with Crippen LogP contribution in [0.25, 0.3) is 0 Å². The molecule has 0 N–H and O–H groups in total. The second-order valence-electron chi connectivity index (χ2n) is 9.91. The number of ether oxygens (including phenoxy) is 4. The molecule has 0 amide bonds. The van der Waals surface area contributed by atoms with Gasteiger partial charge in [-0.1, -0.05) is 0 Å². The van der Waals surface area contributed by atoms with E-state index in [4.69, 9.17) is 18.9 Å². The molecule has 0 aliphatic carbocycles. The van der Waals surface area contributed by atoms with Crippen molar-refractivity contribution >= 4 is 66.1 Å². The van der Waals surface area contributed by atoms with E-state index in [1.54, 1.807) is 16.7 Å². The van der Waals surface area contributed by atoms with Crippen LogP contribution >= 0.6 is 11.8 Å². The van der Waals surface area contributed by atoms with Crippen LogP contribution in [-0.4, -0.2) is 66.8 Å². The Kier molecular flexibility index (Phi) is 10.9. The van der Waals surface area contributed by atoms with E-state index in [0.29, 0.717) is 10.3 Å². The topological polar surface area (TPSA) is 112 Å². The number of benzene rings is 2. The Morgan fingerprint density at radius 3 is 2.00 bits per heavy atom. The number of aryl methyl sites for hydroxylation is 1. The first kappa shape index (κ1) is 35.4. The van der Waals surface area contributed by atoms with E-state index >= 15 is 0 Å². The molecule has 0 bridgehead atoms. The molecule has 0 spiro atoms. The van der Waals surface area contributed by atoms with Crippen molar-refractivity contribution in [3.05, 3.63) is 96.9 Å². The second kappa shape index (κ2) is 14.5. The van der Waals surface area contributed by atoms with Gasteiger partial charge in [-0.25, -0.2) is 0 Å². The molecule has 248 valence electrons. The summed E-state index contributed by atoms with van der Waals surface area (Å²) < 4.78 is 60.9. The monoisotopic (exact) mass is 738 g/mol. The quantitative estimate of drug-likeness (QED) is 0.112. The van der Waals surface area contributed by atoms with Crippen molar-refractivity contribution in [3.63, 3.8) is 0 Å². The number of rotatable bonds is 9. The molecule has 0 atom stereocenters. The molecular weight excluding hydrogens is 708 g/mol. The van der Waals surface area contributed by atoms with Crippen molar-refractivity contribution in [2.45, 2.75) is 26.6 Å². The average Bonchev–Trinajstić information content (AvgIpc) is 3.45. The summed E-state index contributed by atoms with van der Waals surface area (Å²) in [5.41, 5.74) is 1.81. The van der Waals surface area contributed by atoms with Crippen molar-refractivity contribution in [3.8, 4) is 0 Å². The van der Waals surface area contributed by atoms with Gasteiger partial charge in [0.1, 0.15) is 0 Å². The van der Waals surface area contributed by atoms with Crippen LogP contribution < -0.4 is 9.80 Å². The van der Waals surface area contributed by atoms with Crippen molar-refractivity contribution in [1.29, 1.82) is 0 Å². The van der Waals surface area contributed by atoms with Crippen molar-refractivity contribution in [1.82, 2.24) is 0 Å². The number of esters is 4. The van der Waals surface area contributed by atoms with Crippen molar-refractivity contribution in [2.24, 2.45) is 0 Å². The molecular formula is C32H29F3N2O8SSe. The summed E-state index contributed by atoms with van der Waals surface area (Å²) in [5.74, 6) is -3.32. The number of allylic oxidation sites excluding steroid dienone is 1. The third kappa shape index (κ3) is 7.42. The van der Waals surface area contributed by atoms with Gasteiger partial charge in [-0.05, 0) is 0 Å². The van der Waals surface area contributed by atoms with E-state index in [0.717, 1.165) is 55.3 Å². The fraction of sp³-hybridized carbons (Fsp3) is 0.250. The summed E-state index contributed by atoms with van der Waals surface area (Å²) in [6.45, 7) is 3.78. The standard InChI is InChI=1S/C32H29F3N2O8SSe/c1-17-7-9-19(10-8-17)16-36-18(2)27(46-22(29(39)43-4)15-23(38)42-3)37(21-13-11-20(12-14-21)32(33,34)35)28-25(36)24(30(40)44-5)26(47-28)31(41)45-6/h7-15H,16H2,1-6H3/b22-15+. The first-order valence-corrected chi connectivity index (χ1v) is 16.2. The van der Waals surface area contributed by atoms with Gasteiger partial charge in [-0.2, -0.15) is 0 Å². The molecule has 0 unspecified atom stereocenters. The molecule has 0 radical (unpaired) electrons. The average molecular weight is 738 g/mol. The predicted molar refractivity (Wildman–Crippen MR) is 169 cm³/mol. The number of fused-ring (bicyclic) bond motifs is 1. The van der Waals surface area contributed by atoms with Gasteiger partial charge in [0, 0.05) is 0 Å². The fourth-order valence-electron chi connectivity index (χ4n) is 4.61. The molecule has 0 saturated carbocycles. The summed E-state index contributed by atoms with van der Waals surface area (Å²) in [4.78, 5) is 54.8. The fourth-order valence-corrected chi connectivity index (χ4v) is 8.41. The van der Waals surface area contributed by atoms with Crippen molar-refractivity contribution in [2.75, 3.05) is 38.2 Å². The Labute approximate surface area is 278 Å². The van der Waals surface area contributed by atoms with Crippen LogP contribution in [0, 0.1) is 6.92 Å². The van der Waals surface area contributed by atoms with Crippen LogP contribution in [0.3, 0.4) is 0 Å². The molecule has 47 heavy (non-hydrogen) atoms. The molecule has 10 nitrogen and oxygen atoms in total. The normalized spacial score (nSPS) is 13.3. The Hall–Kier alpha value is -4.46. The minimum atomic E-state index is -4.62. The molecule has 1 aliphatic heterocycles. The second-order valence-corrected chi connectivity index (χ2v) is 13.0. The van der Waals surface area contributed by atoms with Crippen LogP contribution in [0.1, 0.15) is 43.2 Å². The van der Waals surface area contributed by atoms with Crippen LogP contribution in [0.15, 0.2) is 70.2 Å². The van der Waals surface area contributed by atoms with E-state index < -0.39 is 50.1 Å². The van der Waals surface area contributed by atoms with Crippen LogP contribution in [0.2, 0.25) is 0 Å². The van der Waals surface area contributed by atoms with Crippen LogP contribution in [-0.2, 0) is 41.3 Å². The molecule has 2 aromatic carbocycles. The zero-order valence-electron chi connectivity index (χ0n) is 26.0. The number of hydrogen-bond acceptors (Lipinski definition) is 11. The maximum atomic E-state index is 13.6. The number of carbonyl (C=O) groups is 4. The van der Waals surface area contributed by atoms with Gasteiger partial charge in [-0.3, -0.25) is 0 Å². The molecule has 3 aromatic rings. The van der Waals surface area contributed by atoms with E-state index in [1.807, 2.05) is 31.2 Å². The Morgan fingerprint density at radius 2 is 1.47 bits per heavy atom. The van der Waals surface area contributed by atoms with Gasteiger partial charge in [0.2, 0.25) is 0 Å². The minimum absolute atomic E-state index is 0.0278. The molecule has 4 rings (SSSR count). The van der Waals surface area contributed by atoms with Gasteiger partial charge < -0.3 is 0 Å². The van der Waals surface area contributed by atoms with Gasteiger partial charge >= 0.3 is 279 Å². The van der Waals surface area contributed by atoms with Gasteiger partial charge in [-0.15, -0.1) is 0 Å². The van der Waals surface area contributed by atoms with Gasteiger partial charge in [0.25, 0.3) is 0 Å². The van der Waals surface area contributed by atoms with E-state index in [2.05, 4.69) is 0 Å². The molecule has 0 fully saturated rings. The van der Waals surface area contributed by atoms with Gasteiger partial charge in [0.15, 0.2) is 0 Å². The number of hydrogen-bond donors (Lipinski definition) is 0. The Bertz CT molecular complexity index is 1770. The van der Waals surface area contributed by atoms with E-state index in [9.17, 15) is 32.3 Å². The maximum absolute atomic E-state index is 13.6. The zero-order valence-corrected chi connectivity index (χ0v) is 28.5. The first-order valence-electron chi connectivity index (χ1n) is 13.7. The number of thioether (sulfide) groups is 1. The number of anilines is 3. The third-order valence-electron chi connectivity index (χ3n) is 6.97. The predicted octanol–water partition coefficient (Wildman–Crippen LogP) is 5.95. The number of halogens is 3. The molecule has 1 aliphatic rings. The number of nitrogens with zero attached hydrogens (tertiary/aromatic N) is 2. The van der Waals surface area contributed by atoms with Crippen LogP contribution in [0.5, 0.6) is 0 Å².